The van der Waals surface area contributed by atoms with Crippen molar-refractivity contribution in [2.75, 3.05) is 38.2 Å². The summed E-state index contributed by atoms with van der Waals surface area (Å²) in [5, 5.41) is 2.01. The Morgan fingerprint density at radius 1 is 1.10 bits per heavy atom. The Labute approximate surface area is 192 Å². The number of anilines is 1. The third-order valence-corrected chi connectivity index (χ3v) is 7.55. The smallest absolute Gasteiger partial charge is 0.228 e. The topological polar surface area (TPSA) is 45.7 Å². The van der Waals surface area contributed by atoms with Gasteiger partial charge in [0.15, 0.2) is 0 Å². The lowest BCUT2D eigenvalue weighted by molar-refractivity contribution is -0.130. The quantitative estimate of drug-likeness (QED) is 0.488. The fraction of sp³-hybridized carbons (Fsp3) is 0.333. The molecule has 1 aliphatic heterocycles. The molecule has 3 aromatic rings. The van der Waals surface area contributed by atoms with Gasteiger partial charge in [0.25, 0.3) is 0 Å². The van der Waals surface area contributed by atoms with Crippen molar-refractivity contribution in [3.05, 3.63) is 70.7 Å². The molecule has 0 atom stereocenters. The molecule has 31 heavy (non-hydrogen) atoms. The molecule has 5 nitrogen and oxygen atoms in total. The second-order valence-corrected chi connectivity index (χ2v) is 9.68. The van der Waals surface area contributed by atoms with Crippen molar-refractivity contribution in [3.63, 3.8) is 0 Å². The molecular weight excluding hydrogens is 426 g/mol. The lowest BCUT2D eigenvalue weighted by atomic mass is 10.2. The first-order valence-corrected chi connectivity index (χ1v) is 12.3. The number of ether oxygens (including phenoxy) is 1. The normalized spacial score (nSPS) is 14.0. The molecule has 0 saturated carbocycles. The van der Waals surface area contributed by atoms with Gasteiger partial charge in [0.05, 0.1) is 24.9 Å². The second-order valence-electron chi connectivity index (χ2n) is 7.60. The van der Waals surface area contributed by atoms with Crippen LogP contribution >= 0.6 is 23.1 Å². The van der Waals surface area contributed by atoms with Gasteiger partial charge in [-0.2, -0.15) is 0 Å². The summed E-state index contributed by atoms with van der Waals surface area (Å²) in [6, 6.07) is 16.6. The number of hydrogen-bond donors (Lipinski definition) is 0. The molecule has 1 saturated heterocycles. The van der Waals surface area contributed by atoms with Crippen LogP contribution in [0, 0.1) is 6.92 Å². The van der Waals surface area contributed by atoms with Crippen molar-refractivity contribution in [1.29, 1.82) is 0 Å². The van der Waals surface area contributed by atoms with E-state index in [-0.39, 0.29) is 5.91 Å². The van der Waals surface area contributed by atoms with Crippen LogP contribution in [0.5, 0.6) is 5.75 Å². The molecule has 4 rings (SSSR count). The number of carbonyl (C=O) groups excluding carboxylic acids is 1. The average Bonchev–Trinajstić information content (AvgIpc) is 3.26. The highest BCUT2D eigenvalue weighted by atomic mass is 32.2. The third-order valence-electron chi connectivity index (χ3n) is 5.40. The fourth-order valence-electron chi connectivity index (χ4n) is 3.62. The zero-order valence-corrected chi connectivity index (χ0v) is 19.5. The minimum Gasteiger partial charge on any atom is -0.495 e. The van der Waals surface area contributed by atoms with Gasteiger partial charge in [0.2, 0.25) is 5.91 Å². The zero-order valence-electron chi connectivity index (χ0n) is 17.9. The van der Waals surface area contributed by atoms with E-state index in [1.165, 1.54) is 11.1 Å². The number of rotatable bonds is 7. The first-order valence-electron chi connectivity index (χ1n) is 10.4. The lowest BCUT2D eigenvalue weighted by Gasteiger charge is -2.36. The molecule has 0 aliphatic carbocycles. The molecule has 0 N–H and O–H groups in total. The summed E-state index contributed by atoms with van der Waals surface area (Å²) in [5.74, 6) is 1.92. The molecule has 0 radical (unpaired) electrons. The molecule has 0 unspecified atom stereocenters. The first kappa shape index (κ1) is 21.7. The van der Waals surface area contributed by atoms with Crippen LogP contribution in [0.15, 0.2) is 58.3 Å². The molecule has 162 valence electrons. The van der Waals surface area contributed by atoms with Crippen LogP contribution < -0.4 is 9.64 Å². The van der Waals surface area contributed by atoms with Crippen LogP contribution in [0.4, 0.5) is 5.69 Å². The standard InChI is InChI=1S/C24H27N3O2S2/c1-18-7-9-19(10-8-18)16-30-24-25-20(17-31-24)15-23(28)27-13-11-26(12-14-27)21-5-3-4-6-22(21)29-2/h3-10,17H,11-16H2,1-2H3. The number of thioether (sulfide) groups is 1. The molecule has 7 heteroatoms. The number of para-hydroxylation sites is 2. The summed E-state index contributed by atoms with van der Waals surface area (Å²) in [4.78, 5) is 21.7. The van der Waals surface area contributed by atoms with Gasteiger partial charge in [-0.15, -0.1) is 11.3 Å². The van der Waals surface area contributed by atoms with Gasteiger partial charge in [0, 0.05) is 37.3 Å². The van der Waals surface area contributed by atoms with Crippen LogP contribution in [-0.4, -0.2) is 49.1 Å². The highest BCUT2D eigenvalue weighted by molar-refractivity contribution is 8.00. The van der Waals surface area contributed by atoms with E-state index in [0.29, 0.717) is 6.42 Å². The molecule has 0 spiro atoms. The van der Waals surface area contributed by atoms with E-state index in [2.05, 4.69) is 47.1 Å². The SMILES string of the molecule is COc1ccccc1N1CCN(C(=O)Cc2csc(SCc3ccc(C)cc3)n2)CC1. The number of aryl methyl sites for hydroxylation is 1. The highest BCUT2D eigenvalue weighted by Crippen LogP contribution is 2.29. The van der Waals surface area contributed by atoms with Gasteiger partial charge >= 0.3 is 0 Å². The monoisotopic (exact) mass is 453 g/mol. The largest absolute Gasteiger partial charge is 0.495 e. The van der Waals surface area contributed by atoms with E-state index in [1.54, 1.807) is 30.2 Å². The Hall–Kier alpha value is -2.51. The van der Waals surface area contributed by atoms with Gasteiger partial charge in [-0.1, -0.05) is 53.7 Å². The molecule has 2 aromatic carbocycles. The molecule has 1 aromatic heterocycles. The molecule has 1 aliphatic rings. The number of carbonyl (C=O) groups is 1. The predicted molar refractivity (Wildman–Crippen MR) is 128 cm³/mol. The van der Waals surface area contributed by atoms with Crippen molar-refractivity contribution in [1.82, 2.24) is 9.88 Å². The summed E-state index contributed by atoms with van der Waals surface area (Å²) in [7, 11) is 1.69. The summed E-state index contributed by atoms with van der Waals surface area (Å²) >= 11 is 3.35. The van der Waals surface area contributed by atoms with Gasteiger partial charge < -0.3 is 14.5 Å². The maximum atomic E-state index is 12.8. The van der Waals surface area contributed by atoms with E-state index in [0.717, 1.165) is 53.4 Å². The number of nitrogens with zero attached hydrogens (tertiary/aromatic N) is 3. The molecule has 1 amide bonds. The Balaban J connectivity index is 1.27. The number of thiazole rings is 1. The Kier molecular flexibility index (Phi) is 7.14. The summed E-state index contributed by atoms with van der Waals surface area (Å²) in [6.45, 7) is 5.15. The van der Waals surface area contributed by atoms with E-state index in [9.17, 15) is 4.79 Å². The number of piperazine rings is 1. The molecule has 1 fully saturated rings. The average molecular weight is 454 g/mol. The number of hydrogen-bond acceptors (Lipinski definition) is 6. The lowest BCUT2D eigenvalue weighted by Crippen LogP contribution is -2.49. The van der Waals surface area contributed by atoms with E-state index in [1.807, 2.05) is 28.5 Å². The van der Waals surface area contributed by atoms with E-state index in [4.69, 9.17) is 4.74 Å². The van der Waals surface area contributed by atoms with Crippen LogP contribution in [-0.2, 0) is 17.0 Å². The third kappa shape index (κ3) is 5.60. The molecule has 2 heterocycles. The predicted octanol–water partition coefficient (Wildman–Crippen LogP) is 4.64. The van der Waals surface area contributed by atoms with Gasteiger partial charge in [-0.3, -0.25) is 4.79 Å². The van der Waals surface area contributed by atoms with Crippen LogP contribution in [0.3, 0.4) is 0 Å². The first-order chi connectivity index (χ1) is 15.1. The zero-order chi connectivity index (χ0) is 21.6. The fourth-order valence-corrected chi connectivity index (χ4v) is 5.42. The summed E-state index contributed by atoms with van der Waals surface area (Å²) in [6.07, 6.45) is 0.371. The van der Waals surface area contributed by atoms with Gasteiger partial charge in [-0.05, 0) is 24.6 Å². The van der Waals surface area contributed by atoms with Gasteiger partial charge in [0.1, 0.15) is 10.1 Å². The molecule has 0 bridgehead atoms. The minimum absolute atomic E-state index is 0.153. The van der Waals surface area contributed by atoms with Crippen LogP contribution in [0.2, 0.25) is 0 Å². The molecular formula is C24H27N3O2S2. The van der Waals surface area contributed by atoms with E-state index >= 15 is 0 Å². The van der Waals surface area contributed by atoms with Crippen LogP contribution in [0.25, 0.3) is 0 Å². The van der Waals surface area contributed by atoms with Crippen molar-refractivity contribution >= 4 is 34.7 Å². The van der Waals surface area contributed by atoms with Crippen molar-refractivity contribution in [3.8, 4) is 5.75 Å². The Bertz CT molecular complexity index is 1010. The van der Waals surface area contributed by atoms with E-state index < -0.39 is 0 Å². The number of aromatic nitrogens is 1. The minimum atomic E-state index is 0.153. The number of amides is 1. The Morgan fingerprint density at radius 3 is 2.58 bits per heavy atom. The van der Waals surface area contributed by atoms with Crippen molar-refractivity contribution < 1.29 is 9.53 Å². The summed E-state index contributed by atoms with van der Waals surface area (Å²) in [5.41, 5.74) is 4.52. The van der Waals surface area contributed by atoms with Crippen LogP contribution in [0.1, 0.15) is 16.8 Å². The Morgan fingerprint density at radius 2 is 1.84 bits per heavy atom. The van der Waals surface area contributed by atoms with Crippen molar-refractivity contribution in [2.24, 2.45) is 0 Å². The number of methoxy groups -OCH3 is 1. The maximum absolute atomic E-state index is 12.8. The maximum Gasteiger partial charge on any atom is 0.228 e. The second kappa shape index (κ2) is 10.2. The summed E-state index contributed by atoms with van der Waals surface area (Å²) < 4.78 is 6.49. The van der Waals surface area contributed by atoms with Crippen molar-refractivity contribution in [2.45, 2.75) is 23.4 Å². The highest BCUT2D eigenvalue weighted by Gasteiger charge is 2.23. The van der Waals surface area contributed by atoms with Gasteiger partial charge in [-0.25, -0.2) is 4.98 Å². The number of benzene rings is 2.